The molecule has 2 N–H and O–H groups in total. The average Bonchev–Trinajstić information content (AvgIpc) is 2.49. The number of hydrogen-bond acceptors (Lipinski definition) is 4. The molecule has 2 rings (SSSR count). The lowest BCUT2D eigenvalue weighted by Gasteiger charge is -2.22. The van der Waals surface area contributed by atoms with Gasteiger partial charge in [0.15, 0.2) is 5.82 Å². The van der Waals surface area contributed by atoms with Crippen molar-refractivity contribution in [1.82, 2.24) is 5.32 Å². The van der Waals surface area contributed by atoms with Crippen LogP contribution in [0.25, 0.3) is 0 Å². The zero-order valence-electron chi connectivity index (χ0n) is 12.0. The van der Waals surface area contributed by atoms with E-state index in [1.54, 1.807) is 20.8 Å². The minimum Gasteiger partial charge on any atom is -0.489 e. The number of fused-ring (bicyclic) bond motifs is 1. The maximum absolute atomic E-state index is 13.6. The van der Waals surface area contributed by atoms with Crippen LogP contribution in [-0.4, -0.2) is 30.3 Å². The summed E-state index contributed by atoms with van der Waals surface area (Å²) >= 11 is 0. The molecule has 0 radical (unpaired) electrons. The summed E-state index contributed by atoms with van der Waals surface area (Å²) in [6, 6.07) is 3.26. The molecule has 0 fully saturated rings. The fourth-order valence-corrected chi connectivity index (χ4v) is 1.76. The van der Waals surface area contributed by atoms with Gasteiger partial charge in [-0.1, -0.05) is 6.07 Å². The highest BCUT2D eigenvalue weighted by atomic mass is 19.1. The predicted octanol–water partition coefficient (Wildman–Crippen LogP) is 2.05. The summed E-state index contributed by atoms with van der Waals surface area (Å²) in [7, 11) is 0. The van der Waals surface area contributed by atoms with Crippen LogP contribution >= 0.6 is 0 Å². The molecule has 1 unspecified atom stereocenters. The van der Waals surface area contributed by atoms with Gasteiger partial charge in [-0.15, -0.1) is 0 Å². The van der Waals surface area contributed by atoms with Crippen LogP contribution in [0.2, 0.25) is 0 Å². The molecular formula is C14H17FN2O4. The Bertz CT molecular complexity index is 569. The molecule has 0 aromatic heterocycles. The number of carbonyl (C=O) groups is 2. The van der Waals surface area contributed by atoms with Crippen LogP contribution in [0.5, 0.6) is 5.75 Å². The molecule has 7 heteroatoms. The smallest absolute Gasteiger partial charge is 0.408 e. The van der Waals surface area contributed by atoms with Crippen LogP contribution in [0.1, 0.15) is 20.8 Å². The van der Waals surface area contributed by atoms with Gasteiger partial charge in [-0.25, -0.2) is 9.18 Å². The molecule has 2 amide bonds. The number of rotatable bonds is 1. The lowest BCUT2D eigenvalue weighted by molar-refractivity contribution is -0.118. The molecular weight excluding hydrogens is 279 g/mol. The van der Waals surface area contributed by atoms with E-state index in [0.717, 1.165) is 0 Å². The van der Waals surface area contributed by atoms with Gasteiger partial charge in [0, 0.05) is 0 Å². The van der Waals surface area contributed by atoms with Gasteiger partial charge in [-0.05, 0) is 32.9 Å². The molecule has 21 heavy (non-hydrogen) atoms. The first-order valence-corrected chi connectivity index (χ1v) is 6.48. The number of ether oxygens (including phenoxy) is 2. The fourth-order valence-electron chi connectivity index (χ4n) is 1.76. The topological polar surface area (TPSA) is 76.7 Å². The second-order valence-corrected chi connectivity index (χ2v) is 5.61. The largest absolute Gasteiger partial charge is 0.489 e. The number of amides is 2. The quantitative estimate of drug-likeness (QED) is 0.831. The van der Waals surface area contributed by atoms with Crippen LogP contribution < -0.4 is 15.4 Å². The molecule has 6 nitrogen and oxygen atoms in total. The first-order valence-electron chi connectivity index (χ1n) is 6.48. The van der Waals surface area contributed by atoms with Crippen molar-refractivity contribution in [2.45, 2.75) is 32.4 Å². The number of nitrogens with one attached hydrogen (secondary N) is 2. The van der Waals surface area contributed by atoms with E-state index >= 15 is 0 Å². The van der Waals surface area contributed by atoms with Crippen molar-refractivity contribution in [2.75, 3.05) is 11.9 Å². The van der Waals surface area contributed by atoms with E-state index in [0.29, 0.717) is 0 Å². The summed E-state index contributed by atoms with van der Waals surface area (Å²) < 4.78 is 24.1. The van der Waals surface area contributed by atoms with E-state index in [1.165, 1.54) is 18.2 Å². The molecule has 0 aliphatic carbocycles. The first kappa shape index (κ1) is 15.1. The van der Waals surface area contributed by atoms with Gasteiger partial charge in [-0.2, -0.15) is 0 Å². The van der Waals surface area contributed by atoms with Crippen LogP contribution in [0.4, 0.5) is 14.9 Å². The Morgan fingerprint density at radius 2 is 2.19 bits per heavy atom. The zero-order valence-corrected chi connectivity index (χ0v) is 12.0. The van der Waals surface area contributed by atoms with Crippen LogP contribution in [0.15, 0.2) is 18.2 Å². The standard InChI is InChI=1S/C14H17FN2O4/c1-14(2,3)21-13(19)16-9-7-20-10-6-4-5-8(15)11(10)17-12(9)18/h4-6,9H,7H2,1-3H3,(H,16,19)(H,17,18). The van der Waals surface area contributed by atoms with Gasteiger partial charge in [0.2, 0.25) is 0 Å². The van der Waals surface area contributed by atoms with Gasteiger partial charge in [0.1, 0.15) is 29.7 Å². The van der Waals surface area contributed by atoms with Crippen molar-refractivity contribution < 1.29 is 23.5 Å². The first-order chi connectivity index (χ1) is 9.76. The highest BCUT2D eigenvalue weighted by molar-refractivity contribution is 5.98. The molecule has 1 aliphatic heterocycles. The van der Waals surface area contributed by atoms with E-state index in [9.17, 15) is 14.0 Å². The Kier molecular flexibility index (Phi) is 4.02. The van der Waals surface area contributed by atoms with Gasteiger partial charge < -0.3 is 20.1 Å². The summed E-state index contributed by atoms with van der Waals surface area (Å²) in [6.45, 7) is 5.02. The molecule has 0 bridgehead atoms. The highest BCUT2D eigenvalue weighted by Crippen LogP contribution is 2.29. The Morgan fingerprint density at radius 1 is 1.48 bits per heavy atom. The number of carbonyl (C=O) groups excluding carboxylic acids is 2. The second-order valence-electron chi connectivity index (χ2n) is 5.61. The van der Waals surface area contributed by atoms with Crippen molar-refractivity contribution in [3.63, 3.8) is 0 Å². The minimum absolute atomic E-state index is 0.0315. The summed E-state index contributed by atoms with van der Waals surface area (Å²) in [5.74, 6) is -0.944. The van der Waals surface area contributed by atoms with Gasteiger partial charge in [0.05, 0.1) is 0 Å². The van der Waals surface area contributed by atoms with Gasteiger partial charge in [-0.3, -0.25) is 4.79 Å². The molecule has 0 spiro atoms. The Hall–Kier alpha value is -2.31. The Balaban J connectivity index is 2.07. The second kappa shape index (κ2) is 5.59. The summed E-state index contributed by atoms with van der Waals surface area (Å²) in [5.41, 5.74) is -0.711. The van der Waals surface area contributed by atoms with Gasteiger partial charge in [0.25, 0.3) is 5.91 Å². The molecule has 0 saturated heterocycles. The Morgan fingerprint density at radius 3 is 2.86 bits per heavy atom. The monoisotopic (exact) mass is 296 g/mol. The van der Waals surface area contributed by atoms with E-state index in [1.807, 2.05) is 0 Å². The van der Waals surface area contributed by atoms with Crippen LogP contribution in [0.3, 0.4) is 0 Å². The van der Waals surface area contributed by atoms with Crippen LogP contribution in [0, 0.1) is 5.82 Å². The third-order valence-corrected chi connectivity index (χ3v) is 2.64. The third-order valence-electron chi connectivity index (χ3n) is 2.64. The van der Waals surface area contributed by atoms with Crippen LogP contribution in [-0.2, 0) is 9.53 Å². The lowest BCUT2D eigenvalue weighted by Crippen LogP contribution is -2.48. The number of anilines is 1. The van der Waals surface area contributed by atoms with E-state index < -0.39 is 29.5 Å². The third kappa shape index (κ3) is 3.84. The van der Waals surface area contributed by atoms with E-state index in [2.05, 4.69) is 10.6 Å². The number of hydrogen-bond donors (Lipinski definition) is 2. The van der Waals surface area contributed by atoms with Crippen molar-refractivity contribution in [2.24, 2.45) is 0 Å². The zero-order chi connectivity index (χ0) is 15.6. The number of halogens is 1. The maximum Gasteiger partial charge on any atom is 0.408 e. The number of benzene rings is 1. The predicted molar refractivity (Wildman–Crippen MR) is 73.7 cm³/mol. The van der Waals surface area contributed by atoms with Crippen molar-refractivity contribution >= 4 is 17.7 Å². The van der Waals surface area contributed by atoms with E-state index in [4.69, 9.17) is 9.47 Å². The number of alkyl carbamates (subject to hydrolysis) is 1. The molecule has 1 aromatic rings. The average molecular weight is 296 g/mol. The van der Waals surface area contributed by atoms with Crippen molar-refractivity contribution in [1.29, 1.82) is 0 Å². The normalized spacial score (nSPS) is 17.9. The summed E-state index contributed by atoms with van der Waals surface area (Å²) in [4.78, 5) is 23.7. The highest BCUT2D eigenvalue weighted by Gasteiger charge is 2.29. The summed E-state index contributed by atoms with van der Waals surface area (Å²) in [5, 5.41) is 4.80. The molecule has 1 heterocycles. The maximum atomic E-state index is 13.6. The summed E-state index contributed by atoms with van der Waals surface area (Å²) in [6.07, 6.45) is -0.738. The molecule has 0 saturated carbocycles. The molecule has 1 atom stereocenters. The number of para-hydroxylation sites is 1. The molecule has 1 aliphatic rings. The van der Waals surface area contributed by atoms with Crippen molar-refractivity contribution in [3.05, 3.63) is 24.0 Å². The molecule has 1 aromatic carbocycles. The molecule has 114 valence electrons. The SMILES string of the molecule is CC(C)(C)OC(=O)NC1COc2cccc(F)c2NC1=O. The van der Waals surface area contributed by atoms with E-state index in [-0.39, 0.29) is 18.0 Å². The lowest BCUT2D eigenvalue weighted by atomic mass is 10.2. The fraction of sp³-hybridized carbons (Fsp3) is 0.429. The Labute approximate surface area is 121 Å². The van der Waals surface area contributed by atoms with Crippen molar-refractivity contribution in [3.8, 4) is 5.75 Å². The minimum atomic E-state index is -0.966. The van der Waals surface area contributed by atoms with Gasteiger partial charge >= 0.3 is 6.09 Å².